The van der Waals surface area contributed by atoms with Crippen LogP contribution in [0.2, 0.25) is 0 Å². The molecule has 3 rings (SSSR count). The average molecular weight is 274 g/mol. The van der Waals surface area contributed by atoms with E-state index in [1.165, 1.54) is 0 Å². The normalized spacial score (nSPS) is 14.8. The topological polar surface area (TPSA) is 120 Å². The van der Waals surface area contributed by atoms with E-state index in [0.717, 1.165) is 18.5 Å². The van der Waals surface area contributed by atoms with Crippen LogP contribution >= 0.6 is 0 Å². The van der Waals surface area contributed by atoms with Crippen molar-refractivity contribution in [2.75, 3.05) is 5.32 Å². The van der Waals surface area contributed by atoms with Crippen molar-refractivity contribution in [3.05, 3.63) is 6.33 Å². The molecule has 5 N–H and O–H groups in total. The predicted octanol–water partition coefficient (Wildman–Crippen LogP) is 0.886. The van der Waals surface area contributed by atoms with Crippen molar-refractivity contribution >= 4 is 28.9 Å². The lowest BCUT2D eigenvalue weighted by molar-refractivity contribution is 0.613. The Balaban J connectivity index is 2.15. The van der Waals surface area contributed by atoms with E-state index in [1.807, 2.05) is 4.57 Å². The lowest BCUT2D eigenvalue weighted by Gasteiger charge is -2.09. The quantitative estimate of drug-likeness (QED) is 0.562. The van der Waals surface area contributed by atoms with Crippen LogP contribution < -0.4 is 16.8 Å². The number of nitrogens with one attached hydrogen (secondary N) is 1. The molecule has 2 aromatic heterocycles. The fraction of sp³-hybridized carbons (Fsp3) is 0.500. The minimum atomic E-state index is -0.0403. The van der Waals surface area contributed by atoms with Crippen molar-refractivity contribution in [3.8, 4) is 0 Å². The maximum absolute atomic E-state index is 5.46. The van der Waals surface area contributed by atoms with Gasteiger partial charge in [-0.3, -0.25) is 0 Å². The molecular weight excluding hydrogens is 256 g/mol. The lowest BCUT2D eigenvalue weighted by atomic mass is 10.4. The van der Waals surface area contributed by atoms with E-state index in [4.69, 9.17) is 11.5 Å². The van der Waals surface area contributed by atoms with Crippen molar-refractivity contribution in [2.45, 2.75) is 38.8 Å². The summed E-state index contributed by atoms with van der Waals surface area (Å²) in [6, 6.07) is 0.700. The maximum Gasteiger partial charge on any atom is 0.227 e. The van der Waals surface area contributed by atoms with Gasteiger partial charge in [-0.2, -0.15) is 15.0 Å². The van der Waals surface area contributed by atoms with Crippen LogP contribution in [-0.4, -0.2) is 31.5 Å². The van der Waals surface area contributed by atoms with Gasteiger partial charge in [0.1, 0.15) is 0 Å². The Morgan fingerprint density at radius 2 is 2.15 bits per heavy atom. The third-order valence-electron chi connectivity index (χ3n) is 3.10. The zero-order valence-electron chi connectivity index (χ0n) is 11.5. The standard InChI is InChI=1S/C12H18N8/c1-6(2)20-5-15-8-9(17-11(13)14)18-12(19-10(8)20)16-7-3-4-7/h5-7H,3-4H2,1-2H3,(H5,13,14,16,17,18,19). The smallest absolute Gasteiger partial charge is 0.227 e. The molecule has 20 heavy (non-hydrogen) atoms. The number of hydrogen-bond acceptors (Lipinski definition) is 5. The van der Waals surface area contributed by atoms with Crippen molar-refractivity contribution in [2.24, 2.45) is 16.5 Å². The molecule has 1 saturated carbocycles. The number of aromatic nitrogens is 4. The molecule has 2 aromatic rings. The maximum atomic E-state index is 5.46. The number of imidazole rings is 1. The van der Waals surface area contributed by atoms with Crippen LogP contribution in [0.1, 0.15) is 32.7 Å². The molecule has 0 atom stereocenters. The molecule has 0 aromatic carbocycles. The summed E-state index contributed by atoms with van der Waals surface area (Å²) in [5.74, 6) is 0.904. The van der Waals surface area contributed by atoms with Gasteiger partial charge in [0.25, 0.3) is 0 Å². The monoisotopic (exact) mass is 274 g/mol. The summed E-state index contributed by atoms with van der Waals surface area (Å²) in [6.45, 7) is 4.13. The Hall–Kier alpha value is -2.38. The molecule has 0 radical (unpaired) electrons. The van der Waals surface area contributed by atoms with Gasteiger partial charge in [0.15, 0.2) is 22.9 Å². The molecule has 8 heteroatoms. The third kappa shape index (κ3) is 2.36. The Kier molecular flexibility index (Phi) is 2.92. The molecule has 0 aliphatic heterocycles. The van der Waals surface area contributed by atoms with Gasteiger partial charge in [0.05, 0.1) is 6.33 Å². The predicted molar refractivity (Wildman–Crippen MR) is 77.8 cm³/mol. The van der Waals surface area contributed by atoms with Crippen LogP contribution in [0.5, 0.6) is 0 Å². The zero-order chi connectivity index (χ0) is 14.3. The third-order valence-corrected chi connectivity index (χ3v) is 3.10. The Bertz CT molecular complexity index is 663. The van der Waals surface area contributed by atoms with Crippen molar-refractivity contribution in [1.82, 2.24) is 19.5 Å². The van der Waals surface area contributed by atoms with Crippen LogP contribution in [0.15, 0.2) is 11.3 Å². The number of guanidine groups is 1. The van der Waals surface area contributed by atoms with Crippen molar-refractivity contribution < 1.29 is 0 Å². The summed E-state index contributed by atoms with van der Waals surface area (Å²) in [7, 11) is 0. The van der Waals surface area contributed by atoms with Gasteiger partial charge in [-0.1, -0.05) is 0 Å². The van der Waals surface area contributed by atoms with Crippen LogP contribution in [0.25, 0.3) is 11.2 Å². The van der Waals surface area contributed by atoms with E-state index < -0.39 is 0 Å². The molecule has 106 valence electrons. The number of nitrogens with zero attached hydrogens (tertiary/aromatic N) is 5. The molecule has 0 amide bonds. The van der Waals surface area contributed by atoms with Crippen LogP contribution in [-0.2, 0) is 0 Å². The summed E-state index contributed by atoms with van der Waals surface area (Å²) in [4.78, 5) is 17.3. The van der Waals surface area contributed by atoms with Crippen LogP contribution in [0, 0.1) is 0 Å². The van der Waals surface area contributed by atoms with E-state index in [1.54, 1.807) is 6.33 Å². The Morgan fingerprint density at radius 3 is 2.75 bits per heavy atom. The largest absolute Gasteiger partial charge is 0.370 e. The van der Waals surface area contributed by atoms with Gasteiger partial charge in [-0.15, -0.1) is 0 Å². The first kappa shape index (κ1) is 12.6. The molecule has 0 saturated heterocycles. The lowest BCUT2D eigenvalue weighted by Crippen LogP contribution is -2.22. The zero-order valence-corrected chi connectivity index (χ0v) is 11.5. The number of rotatable bonds is 4. The molecule has 0 spiro atoms. The molecule has 1 aliphatic rings. The molecule has 0 bridgehead atoms. The summed E-state index contributed by atoms with van der Waals surface area (Å²) in [6.07, 6.45) is 4.02. The van der Waals surface area contributed by atoms with Gasteiger partial charge in [-0.05, 0) is 26.7 Å². The Labute approximate surface area is 116 Å². The highest BCUT2D eigenvalue weighted by Crippen LogP contribution is 2.28. The van der Waals surface area contributed by atoms with Gasteiger partial charge < -0.3 is 21.4 Å². The number of fused-ring (bicyclic) bond motifs is 1. The van der Waals surface area contributed by atoms with E-state index >= 15 is 0 Å². The van der Waals surface area contributed by atoms with Gasteiger partial charge >= 0.3 is 0 Å². The summed E-state index contributed by atoms with van der Waals surface area (Å²) < 4.78 is 1.97. The van der Waals surface area contributed by atoms with Gasteiger partial charge in [0.2, 0.25) is 5.95 Å². The number of nitrogens with two attached hydrogens (primary N) is 2. The second-order valence-electron chi connectivity index (χ2n) is 5.24. The fourth-order valence-electron chi connectivity index (χ4n) is 1.95. The van der Waals surface area contributed by atoms with E-state index in [-0.39, 0.29) is 12.0 Å². The number of hydrogen-bond donors (Lipinski definition) is 3. The second-order valence-corrected chi connectivity index (χ2v) is 5.24. The first-order valence-corrected chi connectivity index (χ1v) is 6.65. The molecule has 1 fully saturated rings. The SMILES string of the molecule is CC(C)n1cnc2c(N=C(N)N)nc(NC3CC3)nc21. The molecular formula is C12H18N8. The Morgan fingerprint density at radius 1 is 1.40 bits per heavy atom. The van der Waals surface area contributed by atoms with E-state index in [9.17, 15) is 0 Å². The van der Waals surface area contributed by atoms with Crippen molar-refractivity contribution in [1.29, 1.82) is 0 Å². The van der Waals surface area contributed by atoms with Crippen LogP contribution in [0.3, 0.4) is 0 Å². The van der Waals surface area contributed by atoms with Gasteiger partial charge in [0, 0.05) is 12.1 Å². The minimum absolute atomic E-state index is 0.0403. The highest BCUT2D eigenvalue weighted by Gasteiger charge is 2.23. The molecule has 1 aliphatic carbocycles. The van der Waals surface area contributed by atoms with Crippen LogP contribution in [0.4, 0.5) is 11.8 Å². The summed E-state index contributed by atoms with van der Waals surface area (Å²) in [5, 5.41) is 3.26. The number of aliphatic imine (C=N–C) groups is 1. The fourth-order valence-corrected chi connectivity index (χ4v) is 1.95. The molecule has 8 nitrogen and oxygen atoms in total. The van der Waals surface area contributed by atoms with Gasteiger partial charge in [-0.25, -0.2) is 4.98 Å². The second kappa shape index (κ2) is 4.62. The molecule has 0 unspecified atom stereocenters. The average Bonchev–Trinajstić information content (AvgIpc) is 3.05. The van der Waals surface area contributed by atoms with E-state index in [2.05, 4.69) is 39.1 Å². The summed E-state index contributed by atoms with van der Waals surface area (Å²) in [5.41, 5.74) is 12.3. The summed E-state index contributed by atoms with van der Waals surface area (Å²) >= 11 is 0. The number of anilines is 1. The highest BCUT2D eigenvalue weighted by atomic mass is 15.2. The highest BCUT2D eigenvalue weighted by molar-refractivity contribution is 5.88. The first-order chi connectivity index (χ1) is 9.54. The van der Waals surface area contributed by atoms with Crippen molar-refractivity contribution in [3.63, 3.8) is 0 Å². The minimum Gasteiger partial charge on any atom is -0.370 e. The van der Waals surface area contributed by atoms with E-state index in [0.29, 0.717) is 23.3 Å². The first-order valence-electron chi connectivity index (χ1n) is 6.65. The molecule has 2 heterocycles.